The van der Waals surface area contributed by atoms with Crippen molar-refractivity contribution in [3.63, 3.8) is 0 Å². The Hall–Kier alpha value is -2.58. The zero-order chi connectivity index (χ0) is 20.9. The van der Waals surface area contributed by atoms with Crippen LogP contribution in [0.3, 0.4) is 0 Å². The van der Waals surface area contributed by atoms with Gasteiger partial charge in [-0.15, -0.1) is 21.5 Å². The number of hydrogen-bond acceptors (Lipinski definition) is 7. The van der Waals surface area contributed by atoms with Gasteiger partial charge in [-0.05, 0) is 65.0 Å². The van der Waals surface area contributed by atoms with Gasteiger partial charge in [0.25, 0.3) is 0 Å². The molecule has 3 aromatic heterocycles. The number of nitrogens with zero attached hydrogens (tertiary/aromatic N) is 4. The quantitative estimate of drug-likeness (QED) is 0.411. The van der Waals surface area contributed by atoms with Crippen molar-refractivity contribution in [1.82, 2.24) is 30.5 Å². The van der Waals surface area contributed by atoms with E-state index in [2.05, 4.69) is 44.3 Å². The number of piperidine rings is 1. The van der Waals surface area contributed by atoms with Crippen LogP contribution in [0.4, 0.5) is 0 Å². The topological polar surface area (TPSA) is 99.6 Å². The molecular weight excluding hydrogens is 396 g/mol. The highest BCUT2D eigenvalue weighted by molar-refractivity contribution is 7.18. The Kier molecular flexibility index (Phi) is 4.52. The highest BCUT2D eigenvalue weighted by atomic mass is 32.1. The van der Waals surface area contributed by atoms with E-state index in [9.17, 15) is 5.11 Å². The zero-order valence-corrected chi connectivity index (χ0v) is 18.3. The van der Waals surface area contributed by atoms with Crippen LogP contribution < -0.4 is 5.32 Å². The van der Waals surface area contributed by atoms with Gasteiger partial charge in [0.15, 0.2) is 5.65 Å². The second kappa shape index (κ2) is 6.99. The fourth-order valence-corrected chi connectivity index (χ4v) is 5.25. The van der Waals surface area contributed by atoms with Crippen LogP contribution >= 0.6 is 11.3 Å². The summed E-state index contributed by atoms with van der Waals surface area (Å²) in [4.78, 5) is 11.4. The number of hydrogen-bond donors (Lipinski definition) is 3. The zero-order valence-electron chi connectivity index (χ0n) is 17.5. The summed E-state index contributed by atoms with van der Waals surface area (Å²) < 4.78 is 1.02. The van der Waals surface area contributed by atoms with Gasteiger partial charge >= 0.3 is 0 Å². The molecule has 3 N–H and O–H groups in total. The van der Waals surface area contributed by atoms with Crippen LogP contribution in [-0.2, 0) is 0 Å². The van der Waals surface area contributed by atoms with Crippen LogP contribution in [0.5, 0.6) is 5.75 Å². The van der Waals surface area contributed by atoms with Crippen LogP contribution in [0.2, 0.25) is 0 Å². The standard InChI is InChI=1S/C13H9N5OS.C9H17N/c1-6-16-9-4-11(19)7(2-12(9)20-6)8-3-10-13(18-17-8)15-5-14-10;1-8(2)4-3-5-9(10-8)6-7-9/h2-5,19H,1H3,(H,14,15,18);10H,3-7H2,1-2H3. The smallest absolute Gasteiger partial charge is 0.199 e. The second-order valence-electron chi connectivity index (χ2n) is 9.08. The molecular formula is C22H26N6OS. The molecule has 0 unspecified atom stereocenters. The predicted octanol–water partition coefficient (Wildman–Crippen LogP) is 4.71. The number of phenolic OH excluding ortho intramolecular Hbond substituents is 1. The van der Waals surface area contributed by atoms with E-state index in [0.717, 1.165) is 20.7 Å². The van der Waals surface area contributed by atoms with E-state index in [0.29, 0.717) is 28.0 Å². The van der Waals surface area contributed by atoms with Crippen molar-refractivity contribution in [2.75, 3.05) is 0 Å². The number of aromatic hydroxyl groups is 1. The van der Waals surface area contributed by atoms with Gasteiger partial charge in [-0.25, -0.2) is 9.97 Å². The third-order valence-electron chi connectivity index (χ3n) is 5.98. The molecule has 8 heteroatoms. The number of phenols is 1. The highest BCUT2D eigenvalue weighted by Crippen LogP contribution is 2.45. The maximum Gasteiger partial charge on any atom is 0.199 e. The molecule has 1 aromatic carbocycles. The maximum atomic E-state index is 10.2. The van der Waals surface area contributed by atoms with E-state index < -0.39 is 0 Å². The number of aryl methyl sites for hydroxylation is 1. The minimum absolute atomic E-state index is 0.149. The van der Waals surface area contributed by atoms with Crippen molar-refractivity contribution < 1.29 is 5.11 Å². The molecule has 0 atom stereocenters. The molecule has 2 aliphatic rings. The molecule has 30 heavy (non-hydrogen) atoms. The van der Waals surface area contributed by atoms with Gasteiger partial charge < -0.3 is 15.4 Å². The number of fused-ring (bicyclic) bond motifs is 2. The average Bonchev–Trinajstić information content (AvgIpc) is 3.10. The van der Waals surface area contributed by atoms with Crippen molar-refractivity contribution in [2.24, 2.45) is 0 Å². The van der Waals surface area contributed by atoms with E-state index in [1.165, 1.54) is 32.1 Å². The van der Waals surface area contributed by atoms with Crippen LogP contribution in [-0.4, -0.2) is 41.3 Å². The third kappa shape index (κ3) is 3.77. The van der Waals surface area contributed by atoms with Crippen molar-refractivity contribution >= 4 is 32.7 Å². The first kappa shape index (κ1) is 19.4. The molecule has 4 heterocycles. The van der Waals surface area contributed by atoms with Gasteiger partial charge in [0.2, 0.25) is 0 Å². The summed E-state index contributed by atoms with van der Waals surface area (Å²) >= 11 is 1.58. The number of imidazole rings is 1. The number of benzene rings is 1. The molecule has 1 saturated heterocycles. The van der Waals surface area contributed by atoms with Gasteiger partial charge in [-0.2, -0.15) is 0 Å². The number of aromatic nitrogens is 5. The number of nitrogens with one attached hydrogen (secondary N) is 2. The predicted molar refractivity (Wildman–Crippen MR) is 120 cm³/mol. The Labute approximate surface area is 179 Å². The first-order valence-corrected chi connectivity index (χ1v) is 11.2. The molecule has 1 aliphatic carbocycles. The molecule has 0 bridgehead atoms. The minimum atomic E-state index is 0.149. The van der Waals surface area contributed by atoms with Crippen LogP contribution in [0.25, 0.3) is 32.6 Å². The fraction of sp³-hybridized carbons (Fsp3) is 0.455. The summed E-state index contributed by atoms with van der Waals surface area (Å²) in [5.74, 6) is 0.149. The van der Waals surface area contributed by atoms with Crippen molar-refractivity contribution in [1.29, 1.82) is 0 Å². The lowest BCUT2D eigenvalue weighted by Gasteiger charge is -2.37. The van der Waals surface area contributed by atoms with Crippen molar-refractivity contribution in [2.45, 2.75) is 64.0 Å². The second-order valence-corrected chi connectivity index (χ2v) is 10.3. The van der Waals surface area contributed by atoms with E-state index in [-0.39, 0.29) is 5.75 Å². The van der Waals surface area contributed by atoms with Gasteiger partial charge in [0.1, 0.15) is 5.75 Å². The number of H-pyrrole nitrogens is 1. The largest absolute Gasteiger partial charge is 0.507 e. The molecule has 7 nitrogen and oxygen atoms in total. The fourth-order valence-electron chi connectivity index (χ4n) is 4.40. The van der Waals surface area contributed by atoms with Gasteiger partial charge in [0.05, 0.1) is 32.8 Å². The molecule has 0 radical (unpaired) electrons. The first-order valence-electron chi connectivity index (χ1n) is 10.4. The molecule has 0 amide bonds. The van der Waals surface area contributed by atoms with Crippen LogP contribution in [0.15, 0.2) is 24.5 Å². The molecule has 1 aliphatic heterocycles. The van der Waals surface area contributed by atoms with Gasteiger partial charge in [-0.1, -0.05) is 0 Å². The molecule has 6 rings (SSSR count). The number of aromatic amines is 1. The maximum absolute atomic E-state index is 10.2. The number of thiazole rings is 1. The van der Waals surface area contributed by atoms with Gasteiger partial charge in [0, 0.05) is 22.7 Å². The van der Waals surface area contributed by atoms with E-state index in [4.69, 9.17) is 0 Å². The molecule has 2 fully saturated rings. The van der Waals surface area contributed by atoms with Crippen molar-refractivity contribution in [3.05, 3.63) is 29.5 Å². The Bertz CT molecular complexity index is 1220. The van der Waals surface area contributed by atoms with Crippen molar-refractivity contribution in [3.8, 4) is 17.0 Å². The summed E-state index contributed by atoms with van der Waals surface area (Å²) in [6, 6.07) is 5.37. The Morgan fingerprint density at radius 1 is 1.07 bits per heavy atom. The lowest BCUT2D eigenvalue weighted by Crippen LogP contribution is -2.50. The van der Waals surface area contributed by atoms with Crippen LogP contribution in [0, 0.1) is 6.92 Å². The Balaban J connectivity index is 0.000000161. The van der Waals surface area contributed by atoms with Crippen LogP contribution in [0.1, 0.15) is 51.0 Å². The lowest BCUT2D eigenvalue weighted by molar-refractivity contribution is 0.230. The molecule has 156 valence electrons. The van der Waals surface area contributed by atoms with Gasteiger partial charge in [-0.3, -0.25) is 0 Å². The first-order chi connectivity index (χ1) is 14.3. The molecule has 4 aromatic rings. The number of rotatable bonds is 1. The normalized spacial score (nSPS) is 19.0. The third-order valence-corrected chi connectivity index (χ3v) is 6.92. The molecule has 1 spiro atoms. The Morgan fingerprint density at radius 2 is 1.90 bits per heavy atom. The Morgan fingerprint density at radius 3 is 2.63 bits per heavy atom. The summed E-state index contributed by atoms with van der Waals surface area (Å²) in [5, 5.41) is 23.0. The van der Waals surface area contributed by atoms with E-state index in [1.54, 1.807) is 23.7 Å². The van der Waals surface area contributed by atoms with E-state index >= 15 is 0 Å². The summed E-state index contributed by atoms with van der Waals surface area (Å²) in [7, 11) is 0. The monoisotopic (exact) mass is 422 g/mol. The summed E-state index contributed by atoms with van der Waals surface area (Å²) in [5.41, 5.74) is 4.43. The molecule has 1 saturated carbocycles. The van der Waals surface area contributed by atoms with E-state index in [1.807, 2.05) is 19.1 Å². The minimum Gasteiger partial charge on any atom is -0.507 e. The lowest BCUT2D eigenvalue weighted by atomic mass is 9.88. The summed E-state index contributed by atoms with van der Waals surface area (Å²) in [6.07, 6.45) is 8.64. The summed E-state index contributed by atoms with van der Waals surface area (Å²) in [6.45, 7) is 6.59. The average molecular weight is 423 g/mol. The SMILES string of the molecule is CC1(C)CCCC2(CC2)N1.Cc1nc2cc(O)c(-c3cc4[nH]cnc4nn3)cc2s1. The highest BCUT2D eigenvalue weighted by Gasteiger charge is 2.47.